The Kier molecular flexibility index (Phi) is 7.44. The van der Waals surface area contributed by atoms with Crippen LogP contribution in [0.5, 0.6) is 17.2 Å². The van der Waals surface area contributed by atoms with Crippen LogP contribution in [0.3, 0.4) is 0 Å². The third-order valence-corrected chi connectivity index (χ3v) is 3.70. The molecule has 0 fully saturated rings. The molecule has 0 spiro atoms. The number of fused-ring (bicyclic) bond motifs is 1. The average Bonchev–Trinajstić information content (AvgIpc) is 3.09. The van der Waals surface area contributed by atoms with Gasteiger partial charge in [-0.2, -0.15) is 8.78 Å². The highest BCUT2D eigenvalue weighted by molar-refractivity contribution is 5.80. The van der Waals surface area contributed by atoms with E-state index in [0.717, 1.165) is 0 Å². The van der Waals surface area contributed by atoms with Gasteiger partial charge in [-0.3, -0.25) is 4.79 Å². The maximum Gasteiger partial charge on any atom is 0.387 e. The number of carbonyl (C=O) groups is 1. The lowest BCUT2D eigenvalue weighted by molar-refractivity contribution is -0.144. The first-order chi connectivity index (χ1) is 12.9. The van der Waals surface area contributed by atoms with Crippen molar-refractivity contribution in [3.63, 3.8) is 0 Å². The topological polar surface area (TPSA) is 90.4 Å². The van der Waals surface area contributed by atoms with Crippen molar-refractivity contribution in [3.05, 3.63) is 17.7 Å². The van der Waals surface area contributed by atoms with Gasteiger partial charge in [0.15, 0.2) is 17.5 Å². The van der Waals surface area contributed by atoms with Crippen LogP contribution in [0.1, 0.15) is 19.4 Å². The molecule has 10 heteroatoms. The van der Waals surface area contributed by atoms with Crippen LogP contribution >= 0.6 is 0 Å². The molecule has 27 heavy (non-hydrogen) atoms. The highest BCUT2D eigenvalue weighted by atomic mass is 19.3. The molecule has 1 aromatic carbocycles. The monoisotopic (exact) mass is 387 g/mol. The summed E-state index contributed by atoms with van der Waals surface area (Å²) in [7, 11) is 1.32. The number of esters is 1. The zero-order valence-electron chi connectivity index (χ0n) is 15.4. The number of hydrogen-bond donors (Lipinski definition) is 2. The van der Waals surface area contributed by atoms with Crippen LogP contribution in [-0.2, 0) is 16.1 Å². The Bertz CT molecular complexity index is 685. The fourth-order valence-corrected chi connectivity index (χ4v) is 2.33. The van der Waals surface area contributed by atoms with Crippen molar-refractivity contribution in [2.24, 2.45) is 10.9 Å². The van der Waals surface area contributed by atoms with E-state index in [-0.39, 0.29) is 31.0 Å². The lowest BCUT2D eigenvalue weighted by Crippen LogP contribution is -2.40. The summed E-state index contributed by atoms with van der Waals surface area (Å²) in [6.45, 7) is 1.59. The summed E-state index contributed by atoms with van der Waals surface area (Å²) in [5.41, 5.74) is 0.415. The van der Waals surface area contributed by atoms with E-state index in [1.54, 1.807) is 13.0 Å². The molecule has 1 aliphatic heterocycles. The first-order valence-corrected chi connectivity index (χ1v) is 8.41. The molecule has 0 aromatic heterocycles. The highest BCUT2D eigenvalue weighted by Crippen LogP contribution is 2.38. The fourth-order valence-electron chi connectivity index (χ4n) is 2.33. The molecule has 0 bridgehead atoms. The van der Waals surface area contributed by atoms with E-state index >= 15 is 0 Å². The van der Waals surface area contributed by atoms with Crippen molar-refractivity contribution < 1.29 is 32.5 Å². The number of halogens is 2. The molecular formula is C17H23F2N3O5. The Labute approximate surface area is 155 Å². The van der Waals surface area contributed by atoms with Crippen molar-refractivity contribution in [1.29, 1.82) is 0 Å². The van der Waals surface area contributed by atoms with Crippen LogP contribution in [0.15, 0.2) is 17.1 Å². The summed E-state index contributed by atoms with van der Waals surface area (Å²) in [5, 5.41) is 6.03. The summed E-state index contributed by atoms with van der Waals surface area (Å²) in [5.74, 6) is 0.462. The van der Waals surface area contributed by atoms with E-state index in [1.165, 1.54) is 13.2 Å². The zero-order valence-corrected chi connectivity index (χ0v) is 15.4. The van der Waals surface area contributed by atoms with Crippen LogP contribution in [0.4, 0.5) is 8.78 Å². The number of hydrogen-bond acceptors (Lipinski definition) is 6. The van der Waals surface area contributed by atoms with Crippen LogP contribution in [0.25, 0.3) is 0 Å². The van der Waals surface area contributed by atoms with Gasteiger partial charge in [-0.15, -0.1) is 0 Å². The lowest BCUT2D eigenvalue weighted by atomic mass is 10.1. The van der Waals surface area contributed by atoms with Gasteiger partial charge in [-0.25, -0.2) is 4.99 Å². The molecule has 0 radical (unpaired) electrons. The molecule has 2 rings (SSSR count). The Morgan fingerprint density at radius 3 is 2.63 bits per heavy atom. The second kappa shape index (κ2) is 9.79. The van der Waals surface area contributed by atoms with Gasteiger partial charge in [-0.05, 0) is 13.0 Å². The van der Waals surface area contributed by atoms with E-state index < -0.39 is 6.61 Å². The summed E-state index contributed by atoms with van der Waals surface area (Å²) < 4.78 is 45.1. The second-order valence-electron chi connectivity index (χ2n) is 5.69. The number of alkyl halides is 2. The maximum atomic E-state index is 12.7. The minimum atomic E-state index is -2.97. The molecule has 1 atom stereocenters. The van der Waals surface area contributed by atoms with Crippen molar-refractivity contribution >= 4 is 11.9 Å². The van der Waals surface area contributed by atoms with E-state index in [2.05, 4.69) is 25.1 Å². The van der Waals surface area contributed by atoms with Crippen LogP contribution in [0.2, 0.25) is 0 Å². The normalized spacial score (nSPS) is 14.1. The first-order valence-electron chi connectivity index (χ1n) is 8.41. The molecule has 0 saturated heterocycles. The van der Waals surface area contributed by atoms with Crippen molar-refractivity contribution in [3.8, 4) is 17.2 Å². The van der Waals surface area contributed by atoms with E-state index in [4.69, 9.17) is 9.47 Å². The van der Waals surface area contributed by atoms with Gasteiger partial charge in [-0.1, -0.05) is 6.92 Å². The Morgan fingerprint density at radius 2 is 2.00 bits per heavy atom. The fraction of sp³-hybridized carbons (Fsp3) is 0.529. The molecule has 0 aliphatic carbocycles. The van der Waals surface area contributed by atoms with Gasteiger partial charge < -0.3 is 29.6 Å². The smallest absolute Gasteiger partial charge is 0.387 e. The molecular weight excluding hydrogens is 364 g/mol. The van der Waals surface area contributed by atoms with Gasteiger partial charge in [0.25, 0.3) is 0 Å². The van der Waals surface area contributed by atoms with Gasteiger partial charge in [0.1, 0.15) is 5.75 Å². The number of carbonyl (C=O) groups excluding carboxylic acids is 1. The largest absolute Gasteiger partial charge is 0.469 e. The Balaban J connectivity index is 2.13. The van der Waals surface area contributed by atoms with Crippen molar-refractivity contribution in [2.45, 2.75) is 27.0 Å². The second-order valence-corrected chi connectivity index (χ2v) is 5.69. The number of ether oxygens (including phenoxy) is 4. The minimum Gasteiger partial charge on any atom is -0.469 e. The molecule has 0 amide bonds. The molecule has 1 heterocycles. The number of benzene rings is 1. The number of methoxy groups -OCH3 is 1. The first kappa shape index (κ1) is 20.5. The summed E-state index contributed by atoms with van der Waals surface area (Å²) in [6, 6.07) is 2.92. The van der Waals surface area contributed by atoms with Gasteiger partial charge >= 0.3 is 12.6 Å². The summed E-state index contributed by atoms with van der Waals surface area (Å²) >= 11 is 0. The van der Waals surface area contributed by atoms with Crippen LogP contribution in [0, 0.1) is 5.92 Å². The Morgan fingerprint density at radius 1 is 1.30 bits per heavy atom. The highest BCUT2D eigenvalue weighted by Gasteiger charge is 2.20. The number of nitrogens with one attached hydrogen (secondary N) is 2. The van der Waals surface area contributed by atoms with Crippen molar-refractivity contribution in [2.75, 3.05) is 27.0 Å². The minimum absolute atomic E-state index is 0.0196. The standard InChI is InChI=1S/C17H23F2N3O5/c1-4-20-17(21-7-10(2)15(23)24-3)22-8-11-5-13-14(26-9-25-13)6-12(11)27-16(18)19/h5-6,10,16H,4,7-9H2,1-3H3,(H2,20,21,22). The van der Waals surface area contributed by atoms with Crippen LogP contribution in [-0.4, -0.2) is 45.5 Å². The molecule has 1 aliphatic rings. The van der Waals surface area contributed by atoms with E-state index in [1.807, 2.05) is 6.92 Å². The molecule has 8 nitrogen and oxygen atoms in total. The van der Waals surface area contributed by atoms with Gasteiger partial charge in [0, 0.05) is 24.7 Å². The molecule has 150 valence electrons. The van der Waals surface area contributed by atoms with Crippen molar-refractivity contribution in [1.82, 2.24) is 10.6 Å². The molecule has 0 saturated carbocycles. The van der Waals surface area contributed by atoms with Crippen LogP contribution < -0.4 is 24.8 Å². The lowest BCUT2D eigenvalue weighted by Gasteiger charge is -2.15. The van der Waals surface area contributed by atoms with Gasteiger partial charge in [0.05, 0.1) is 19.6 Å². The predicted molar refractivity (Wildman–Crippen MR) is 93.2 cm³/mol. The third kappa shape index (κ3) is 5.87. The molecule has 1 aromatic rings. The molecule has 2 N–H and O–H groups in total. The third-order valence-electron chi connectivity index (χ3n) is 3.70. The maximum absolute atomic E-state index is 12.7. The van der Waals surface area contributed by atoms with E-state index in [9.17, 15) is 13.6 Å². The zero-order chi connectivity index (χ0) is 19.8. The number of nitrogens with zero attached hydrogens (tertiary/aromatic N) is 1. The molecule has 1 unspecified atom stereocenters. The summed E-state index contributed by atoms with van der Waals surface area (Å²) in [4.78, 5) is 15.8. The Hall–Kier alpha value is -2.78. The summed E-state index contributed by atoms with van der Waals surface area (Å²) in [6.07, 6.45) is 0. The van der Waals surface area contributed by atoms with E-state index in [0.29, 0.717) is 36.1 Å². The van der Waals surface area contributed by atoms with Gasteiger partial charge in [0.2, 0.25) is 6.79 Å². The number of rotatable bonds is 8. The predicted octanol–water partition coefficient (Wildman–Crippen LogP) is 1.88. The number of aliphatic imine (C=N–C) groups is 1. The number of guanidine groups is 1. The SMILES string of the molecule is CCNC(=NCc1cc2c(cc1OC(F)F)OCO2)NCC(C)C(=O)OC. The average molecular weight is 387 g/mol. The quantitative estimate of drug-likeness (QED) is 0.400.